The van der Waals surface area contributed by atoms with E-state index in [4.69, 9.17) is 0 Å². The second kappa shape index (κ2) is 8.84. The summed E-state index contributed by atoms with van der Waals surface area (Å²) in [5, 5.41) is 34.6. The Morgan fingerprint density at radius 1 is 1.03 bits per heavy atom. The molecule has 1 aromatic heterocycles. The minimum Gasteiger partial charge on any atom is -0.388 e. The minimum absolute atomic E-state index is 0.0480. The van der Waals surface area contributed by atoms with Gasteiger partial charge in [0.1, 0.15) is 0 Å². The number of anilines is 1. The standard InChI is InChI=1S/C24H17N5O2S/c1-27-18-9-10-19-22(11-18)28(14-20-16(12-25)5-4-6-17(20)13-26)15-24(19)32-23-8-3-2-7-21(23)29(30)31/h2-11,15,27H,14H2,1H3. The van der Waals surface area contributed by atoms with Crippen molar-refractivity contribution in [2.24, 2.45) is 0 Å². The SMILES string of the molecule is CNc1ccc2c(Sc3ccccc3[N+](=O)[O-])cn(Cc3c(C#N)cccc3C#N)c2c1. The van der Waals surface area contributed by atoms with Crippen LogP contribution in [-0.2, 0) is 6.54 Å². The molecule has 0 saturated heterocycles. The number of nitrogens with zero attached hydrogens (tertiary/aromatic N) is 4. The molecule has 0 saturated carbocycles. The molecule has 0 aliphatic rings. The van der Waals surface area contributed by atoms with Crippen LogP contribution in [0.1, 0.15) is 16.7 Å². The van der Waals surface area contributed by atoms with Crippen molar-refractivity contribution in [2.75, 3.05) is 12.4 Å². The van der Waals surface area contributed by atoms with Gasteiger partial charge in [-0.2, -0.15) is 10.5 Å². The molecule has 8 heteroatoms. The molecule has 4 aromatic rings. The normalized spacial score (nSPS) is 10.5. The summed E-state index contributed by atoms with van der Waals surface area (Å²) in [6, 6.07) is 22.0. The number of aromatic nitrogens is 1. The Bertz CT molecular complexity index is 1400. The molecule has 1 heterocycles. The molecule has 0 aliphatic heterocycles. The van der Waals surface area contributed by atoms with Crippen molar-refractivity contribution in [1.29, 1.82) is 10.5 Å². The van der Waals surface area contributed by atoms with Crippen molar-refractivity contribution in [3.63, 3.8) is 0 Å². The van der Waals surface area contributed by atoms with E-state index >= 15 is 0 Å². The van der Waals surface area contributed by atoms with E-state index in [2.05, 4.69) is 17.5 Å². The zero-order valence-corrected chi connectivity index (χ0v) is 17.9. The maximum Gasteiger partial charge on any atom is 0.283 e. The molecule has 0 amide bonds. The smallest absolute Gasteiger partial charge is 0.283 e. The van der Waals surface area contributed by atoms with Crippen LogP contribution in [0.25, 0.3) is 10.9 Å². The average Bonchev–Trinajstić information content (AvgIpc) is 3.15. The first kappa shape index (κ1) is 21.0. The van der Waals surface area contributed by atoms with Gasteiger partial charge >= 0.3 is 0 Å². The third-order valence-corrected chi connectivity index (χ3v) is 6.27. The zero-order chi connectivity index (χ0) is 22.7. The van der Waals surface area contributed by atoms with E-state index in [0.29, 0.717) is 28.1 Å². The fraction of sp³-hybridized carbons (Fsp3) is 0.0833. The van der Waals surface area contributed by atoms with E-state index in [9.17, 15) is 20.6 Å². The van der Waals surface area contributed by atoms with E-state index in [0.717, 1.165) is 21.5 Å². The van der Waals surface area contributed by atoms with E-state index in [1.54, 1.807) is 36.4 Å². The van der Waals surface area contributed by atoms with Gasteiger partial charge in [-0.05, 0) is 36.4 Å². The molecule has 4 rings (SSSR count). The molecule has 0 radical (unpaired) electrons. The molecular formula is C24H17N5O2S. The number of rotatable bonds is 6. The van der Waals surface area contributed by atoms with Crippen molar-refractivity contribution in [3.8, 4) is 12.1 Å². The molecule has 3 aromatic carbocycles. The molecule has 0 bridgehead atoms. The lowest BCUT2D eigenvalue weighted by molar-refractivity contribution is -0.387. The second-order valence-corrected chi connectivity index (χ2v) is 8.07. The van der Waals surface area contributed by atoms with Crippen molar-refractivity contribution in [1.82, 2.24) is 4.57 Å². The van der Waals surface area contributed by atoms with Gasteiger partial charge in [-0.15, -0.1) is 0 Å². The molecular weight excluding hydrogens is 422 g/mol. The summed E-state index contributed by atoms with van der Waals surface area (Å²) in [6.45, 7) is 0.327. The van der Waals surface area contributed by atoms with Crippen LogP contribution in [0.3, 0.4) is 0 Å². The van der Waals surface area contributed by atoms with E-state index in [-0.39, 0.29) is 10.6 Å². The zero-order valence-electron chi connectivity index (χ0n) is 17.1. The highest BCUT2D eigenvalue weighted by Crippen LogP contribution is 2.40. The number of benzene rings is 3. The Morgan fingerprint density at radius 3 is 2.41 bits per heavy atom. The van der Waals surface area contributed by atoms with Crippen LogP contribution >= 0.6 is 11.8 Å². The molecule has 156 valence electrons. The van der Waals surface area contributed by atoms with Gasteiger partial charge in [0.25, 0.3) is 5.69 Å². The van der Waals surface area contributed by atoms with Crippen molar-refractivity contribution >= 4 is 34.0 Å². The van der Waals surface area contributed by atoms with Crippen LogP contribution in [0, 0.1) is 32.8 Å². The largest absolute Gasteiger partial charge is 0.388 e. The minimum atomic E-state index is -0.386. The van der Waals surface area contributed by atoms with Crippen LogP contribution in [0.15, 0.2) is 76.7 Å². The molecule has 0 fully saturated rings. The van der Waals surface area contributed by atoms with Gasteiger partial charge in [-0.3, -0.25) is 10.1 Å². The first-order chi connectivity index (χ1) is 15.5. The van der Waals surface area contributed by atoms with Crippen LogP contribution in [0.4, 0.5) is 11.4 Å². The van der Waals surface area contributed by atoms with Gasteiger partial charge in [0.2, 0.25) is 0 Å². The first-order valence-electron chi connectivity index (χ1n) is 9.69. The Kier molecular flexibility index (Phi) is 5.80. The van der Waals surface area contributed by atoms with Crippen LogP contribution < -0.4 is 5.32 Å². The third kappa shape index (κ3) is 3.87. The van der Waals surface area contributed by atoms with Gasteiger partial charge in [-0.25, -0.2) is 0 Å². The lowest BCUT2D eigenvalue weighted by atomic mass is 10.0. The highest BCUT2D eigenvalue weighted by molar-refractivity contribution is 7.99. The van der Waals surface area contributed by atoms with E-state index in [1.165, 1.54) is 17.8 Å². The fourth-order valence-electron chi connectivity index (χ4n) is 3.58. The molecule has 7 nitrogen and oxygen atoms in total. The Labute approximate surface area is 188 Å². The van der Waals surface area contributed by atoms with Gasteiger partial charge in [0, 0.05) is 40.8 Å². The Morgan fingerprint density at radius 2 is 1.75 bits per heavy atom. The van der Waals surface area contributed by atoms with Crippen molar-refractivity contribution in [3.05, 3.63) is 93.7 Å². The number of nitrogens with one attached hydrogen (secondary N) is 1. The summed E-state index contributed by atoms with van der Waals surface area (Å²) in [5.74, 6) is 0. The highest BCUT2D eigenvalue weighted by Gasteiger charge is 2.18. The van der Waals surface area contributed by atoms with Gasteiger partial charge in [-0.1, -0.05) is 30.0 Å². The lowest BCUT2D eigenvalue weighted by Gasteiger charge is -2.10. The van der Waals surface area contributed by atoms with Crippen LogP contribution in [0.2, 0.25) is 0 Å². The predicted octanol–water partition coefficient (Wildman–Crippen LogP) is 5.53. The number of hydrogen-bond donors (Lipinski definition) is 1. The summed E-state index contributed by atoms with van der Waals surface area (Å²) in [7, 11) is 1.83. The summed E-state index contributed by atoms with van der Waals surface area (Å²) in [6.07, 6.45) is 1.92. The topological polar surface area (TPSA) is 108 Å². The summed E-state index contributed by atoms with van der Waals surface area (Å²) in [5.41, 5.74) is 3.40. The Balaban J connectivity index is 1.86. The average molecular weight is 440 g/mol. The quantitative estimate of drug-likeness (QED) is 0.312. The summed E-state index contributed by atoms with van der Waals surface area (Å²) >= 11 is 1.32. The number of nitro benzene ring substituents is 1. The van der Waals surface area contributed by atoms with Crippen molar-refractivity contribution < 1.29 is 4.92 Å². The molecule has 32 heavy (non-hydrogen) atoms. The first-order valence-corrected chi connectivity index (χ1v) is 10.5. The molecule has 0 atom stereocenters. The van der Waals surface area contributed by atoms with Gasteiger partial charge in [0.15, 0.2) is 0 Å². The number of nitro groups is 1. The maximum atomic E-state index is 11.5. The number of fused-ring (bicyclic) bond motifs is 1. The second-order valence-electron chi connectivity index (χ2n) is 6.99. The molecule has 0 aliphatic carbocycles. The molecule has 0 spiro atoms. The Hall–Kier alpha value is -4.27. The monoisotopic (exact) mass is 439 g/mol. The van der Waals surface area contributed by atoms with E-state index in [1.807, 2.05) is 36.0 Å². The maximum absolute atomic E-state index is 11.5. The van der Waals surface area contributed by atoms with Crippen LogP contribution in [0.5, 0.6) is 0 Å². The van der Waals surface area contributed by atoms with Crippen molar-refractivity contribution in [2.45, 2.75) is 16.3 Å². The third-order valence-electron chi connectivity index (χ3n) is 5.16. The number of para-hydroxylation sites is 1. The van der Waals surface area contributed by atoms with E-state index < -0.39 is 0 Å². The predicted molar refractivity (Wildman–Crippen MR) is 124 cm³/mol. The lowest BCUT2D eigenvalue weighted by Crippen LogP contribution is -2.03. The van der Waals surface area contributed by atoms with Gasteiger partial charge < -0.3 is 9.88 Å². The highest BCUT2D eigenvalue weighted by atomic mass is 32.2. The summed E-state index contributed by atoms with van der Waals surface area (Å²) < 4.78 is 1.98. The number of nitriles is 2. The summed E-state index contributed by atoms with van der Waals surface area (Å²) in [4.78, 5) is 12.5. The van der Waals surface area contributed by atoms with Gasteiger partial charge in [0.05, 0.1) is 45.1 Å². The molecule has 1 N–H and O–H groups in total. The molecule has 0 unspecified atom stereocenters. The fourth-order valence-corrected chi connectivity index (χ4v) is 4.67. The number of hydrogen-bond acceptors (Lipinski definition) is 6. The van der Waals surface area contributed by atoms with Crippen LogP contribution in [-0.4, -0.2) is 16.5 Å².